The molecule has 3 heterocycles. The number of pyridine rings is 1. The number of hydrogen-bond acceptors (Lipinski definition) is 3. The van der Waals surface area contributed by atoms with Gasteiger partial charge in [0.05, 0.1) is 24.4 Å². The first-order valence-corrected chi connectivity index (χ1v) is 10.7. The minimum Gasteiger partial charge on any atom is -0.395 e. The Morgan fingerprint density at radius 1 is 1.10 bits per heavy atom. The highest BCUT2D eigenvalue weighted by molar-refractivity contribution is 7.80. The lowest BCUT2D eigenvalue weighted by Crippen LogP contribution is -2.32. The molecule has 0 bridgehead atoms. The van der Waals surface area contributed by atoms with E-state index in [4.69, 9.17) is 12.2 Å². The first-order chi connectivity index (χ1) is 14.4. The molecule has 156 valence electrons. The Hall–Kier alpha value is -2.70. The van der Waals surface area contributed by atoms with Gasteiger partial charge in [-0.05, 0) is 80.9 Å². The topological polar surface area (TPSA) is 53.3 Å². The number of benzene rings is 1. The molecule has 0 aliphatic carbocycles. The molecule has 0 unspecified atom stereocenters. The van der Waals surface area contributed by atoms with Crippen LogP contribution >= 0.6 is 12.2 Å². The quantitative estimate of drug-likeness (QED) is 0.610. The molecular formula is C24H28N4OS. The van der Waals surface area contributed by atoms with Crippen molar-refractivity contribution in [3.63, 3.8) is 0 Å². The van der Waals surface area contributed by atoms with Crippen LogP contribution in [0.25, 0.3) is 5.69 Å². The highest BCUT2D eigenvalue weighted by Gasteiger charge is 2.41. The fraction of sp³-hybridized carbons (Fsp3) is 0.333. The summed E-state index contributed by atoms with van der Waals surface area (Å²) in [5.74, 6) is 0. The number of thiocarbonyl (C=S) groups is 1. The van der Waals surface area contributed by atoms with Crippen molar-refractivity contribution in [2.45, 2.75) is 39.8 Å². The maximum atomic E-state index is 9.69. The summed E-state index contributed by atoms with van der Waals surface area (Å²) in [7, 11) is 0. The van der Waals surface area contributed by atoms with Gasteiger partial charge in [0.1, 0.15) is 0 Å². The lowest BCUT2D eigenvalue weighted by molar-refractivity contribution is 0.223. The van der Waals surface area contributed by atoms with Gasteiger partial charge in [0, 0.05) is 29.8 Å². The third-order valence-electron chi connectivity index (χ3n) is 5.93. The van der Waals surface area contributed by atoms with Crippen LogP contribution in [0.3, 0.4) is 0 Å². The lowest BCUT2D eigenvalue weighted by atomic mass is 9.97. The van der Waals surface area contributed by atoms with Crippen molar-refractivity contribution >= 4 is 17.3 Å². The van der Waals surface area contributed by atoms with E-state index in [9.17, 15) is 5.11 Å². The van der Waals surface area contributed by atoms with E-state index in [2.05, 4.69) is 71.7 Å². The number of nitrogens with zero attached hydrogens (tertiary/aromatic N) is 3. The average molecular weight is 421 g/mol. The molecule has 0 saturated carbocycles. The molecule has 2 aromatic heterocycles. The van der Waals surface area contributed by atoms with Crippen molar-refractivity contribution in [3.8, 4) is 5.69 Å². The van der Waals surface area contributed by atoms with Crippen LogP contribution in [0.1, 0.15) is 45.9 Å². The van der Waals surface area contributed by atoms with E-state index in [1.54, 1.807) is 0 Å². The molecule has 3 aromatic rings. The van der Waals surface area contributed by atoms with Crippen LogP contribution in [0.2, 0.25) is 0 Å². The van der Waals surface area contributed by atoms with Crippen LogP contribution in [0.5, 0.6) is 0 Å². The van der Waals surface area contributed by atoms with Gasteiger partial charge in [0.25, 0.3) is 0 Å². The molecule has 1 aliphatic heterocycles. The number of rotatable bonds is 5. The first kappa shape index (κ1) is 20.6. The average Bonchev–Trinajstić information content (AvgIpc) is 3.21. The molecule has 2 atom stereocenters. The molecule has 6 heteroatoms. The largest absolute Gasteiger partial charge is 0.395 e. The standard InChI is InChI=1S/C24H28N4OS/c1-15-8-9-16(2)21(13-15)28-17(3)14-19(18(28)4)23-22(20-7-5-6-10-25-20)26-24(30)27(23)11-12-29/h5-10,13-14,22-23,29H,11-12H2,1-4H3,(H,26,30)/t22-,23+/m1/s1. The maximum absolute atomic E-state index is 9.69. The summed E-state index contributed by atoms with van der Waals surface area (Å²) >= 11 is 5.64. The van der Waals surface area contributed by atoms with Gasteiger partial charge in [-0.15, -0.1) is 0 Å². The zero-order valence-corrected chi connectivity index (χ0v) is 18.7. The molecule has 30 heavy (non-hydrogen) atoms. The summed E-state index contributed by atoms with van der Waals surface area (Å²) in [4.78, 5) is 6.68. The summed E-state index contributed by atoms with van der Waals surface area (Å²) in [6.45, 7) is 9.10. The Kier molecular flexibility index (Phi) is 5.62. The summed E-state index contributed by atoms with van der Waals surface area (Å²) in [6.07, 6.45) is 1.81. The minimum absolute atomic E-state index is 0.0374. The third-order valence-corrected chi connectivity index (χ3v) is 6.29. The number of hydrogen-bond donors (Lipinski definition) is 2. The van der Waals surface area contributed by atoms with Gasteiger partial charge >= 0.3 is 0 Å². The second-order valence-electron chi connectivity index (χ2n) is 8.00. The summed E-state index contributed by atoms with van der Waals surface area (Å²) < 4.78 is 2.33. The third kappa shape index (κ3) is 3.50. The number of aliphatic hydroxyl groups is 1. The molecule has 1 fully saturated rings. The SMILES string of the molecule is Cc1ccc(C)c(-n2c(C)cc([C@H]3[C@@H](c4ccccn4)NC(=S)N3CCO)c2C)c1. The molecule has 0 radical (unpaired) electrons. The van der Waals surface area contributed by atoms with E-state index in [0.29, 0.717) is 11.7 Å². The van der Waals surface area contributed by atoms with E-state index in [0.717, 1.165) is 5.69 Å². The second-order valence-corrected chi connectivity index (χ2v) is 8.38. The van der Waals surface area contributed by atoms with E-state index in [1.807, 2.05) is 24.4 Å². The monoisotopic (exact) mass is 420 g/mol. The van der Waals surface area contributed by atoms with Gasteiger partial charge in [-0.1, -0.05) is 18.2 Å². The van der Waals surface area contributed by atoms with Gasteiger partial charge in [0.15, 0.2) is 5.11 Å². The fourth-order valence-electron chi connectivity index (χ4n) is 4.51. The lowest BCUT2D eigenvalue weighted by Gasteiger charge is -2.27. The van der Waals surface area contributed by atoms with Crippen molar-refractivity contribution in [1.82, 2.24) is 19.8 Å². The van der Waals surface area contributed by atoms with Gasteiger partial charge in [-0.3, -0.25) is 4.98 Å². The number of aromatic nitrogens is 2. The van der Waals surface area contributed by atoms with E-state index < -0.39 is 0 Å². The highest BCUT2D eigenvalue weighted by Crippen LogP contribution is 2.41. The molecule has 2 N–H and O–H groups in total. The van der Waals surface area contributed by atoms with Crippen LogP contribution < -0.4 is 5.32 Å². The Morgan fingerprint density at radius 2 is 1.90 bits per heavy atom. The highest BCUT2D eigenvalue weighted by atomic mass is 32.1. The van der Waals surface area contributed by atoms with Crippen molar-refractivity contribution in [2.24, 2.45) is 0 Å². The van der Waals surface area contributed by atoms with Crippen LogP contribution in [-0.2, 0) is 0 Å². The normalized spacial score (nSPS) is 18.7. The number of aliphatic hydroxyl groups excluding tert-OH is 1. The van der Waals surface area contributed by atoms with E-state index >= 15 is 0 Å². The predicted molar refractivity (Wildman–Crippen MR) is 124 cm³/mol. The molecule has 1 saturated heterocycles. The fourth-order valence-corrected chi connectivity index (χ4v) is 4.84. The minimum atomic E-state index is -0.0715. The number of nitrogens with one attached hydrogen (secondary N) is 1. The zero-order chi connectivity index (χ0) is 21.4. The smallest absolute Gasteiger partial charge is 0.170 e. The van der Waals surface area contributed by atoms with Crippen LogP contribution in [0.15, 0.2) is 48.7 Å². The molecule has 0 spiro atoms. The molecule has 1 aliphatic rings. The van der Waals surface area contributed by atoms with Gasteiger partial charge in [0.2, 0.25) is 0 Å². The van der Waals surface area contributed by atoms with E-state index in [1.165, 1.54) is 33.8 Å². The maximum Gasteiger partial charge on any atom is 0.170 e. The van der Waals surface area contributed by atoms with Crippen molar-refractivity contribution < 1.29 is 5.11 Å². The summed E-state index contributed by atoms with van der Waals surface area (Å²) in [6, 6.07) is 14.6. The summed E-state index contributed by atoms with van der Waals surface area (Å²) in [5, 5.41) is 13.8. The van der Waals surface area contributed by atoms with Crippen molar-refractivity contribution in [2.75, 3.05) is 13.2 Å². The first-order valence-electron chi connectivity index (χ1n) is 10.3. The van der Waals surface area contributed by atoms with Crippen LogP contribution in [0, 0.1) is 27.7 Å². The van der Waals surface area contributed by atoms with Crippen LogP contribution in [0.4, 0.5) is 0 Å². The Bertz CT molecular complexity index is 1080. The molecule has 5 nitrogen and oxygen atoms in total. The Balaban J connectivity index is 1.86. The van der Waals surface area contributed by atoms with E-state index in [-0.39, 0.29) is 18.7 Å². The predicted octanol–water partition coefficient (Wildman–Crippen LogP) is 4.07. The van der Waals surface area contributed by atoms with Crippen molar-refractivity contribution in [1.29, 1.82) is 0 Å². The second kappa shape index (κ2) is 8.20. The molecule has 4 rings (SSSR count). The van der Waals surface area contributed by atoms with Crippen molar-refractivity contribution in [3.05, 3.63) is 82.4 Å². The molecule has 0 amide bonds. The van der Waals surface area contributed by atoms with Gasteiger partial charge in [-0.2, -0.15) is 0 Å². The van der Waals surface area contributed by atoms with Gasteiger partial charge < -0.3 is 19.9 Å². The van der Waals surface area contributed by atoms with Gasteiger partial charge in [-0.25, -0.2) is 0 Å². The number of aryl methyl sites for hydroxylation is 3. The Morgan fingerprint density at radius 3 is 2.60 bits per heavy atom. The number of β-amino-alcohol motifs (C(OH)–C–C–N with tert-alkyl or cyclic N) is 1. The van der Waals surface area contributed by atoms with Crippen LogP contribution in [-0.4, -0.2) is 37.8 Å². The Labute approximate surface area is 183 Å². The zero-order valence-electron chi connectivity index (χ0n) is 17.9. The molecule has 1 aromatic carbocycles. The molecular weight excluding hydrogens is 392 g/mol. The summed E-state index contributed by atoms with van der Waals surface area (Å²) in [5.41, 5.74) is 8.18.